The topological polar surface area (TPSA) is 12.0 Å². The van der Waals surface area contributed by atoms with Crippen LogP contribution >= 0.6 is 11.3 Å². The van der Waals surface area contributed by atoms with Gasteiger partial charge >= 0.3 is 0 Å². The monoisotopic (exact) mass is 267 g/mol. The highest BCUT2D eigenvalue weighted by Gasteiger charge is 2.00. The first-order chi connectivity index (χ1) is 9.22. The van der Waals surface area contributed by atoms with Crippen molar-refractivity contribution >= 4 is 27.1 Å². The van der Waals surface area contributed by atoms with Crippen LogP contribution in [0.4, 0.5) is 5.69 Å². The van der Waals surface area contributed by atoms with E-state index in [0.717, 1.165) is 6.54 Å². The summed E-state index contributed by atoms with van der Waals surface area (Å²) in [6.45, 7) is 5.18. The molecule has 19 heavy (non-hydrogen) atoms. The van der Waals surface area contributed by atoms with Gasteiger partial charge in [0, 0.05) is 16.9 Å². The van der Waals surface area contributed by atoms with Crippen molar-refractivity contribution in [3.05, 3.63) is 64.5 Å². The number of fused-ring (bicyclic) bond motifs is 1. The van der Waals surface area contributed by atoms with E-state index in [0.29, 0.717) is 0 Å². The van der Waals surface area contributed by atoms with Gasteiger partial charge in [0.05, 0.1) is 0 Å². The molecule has 1 aromatic heterocycles. The van der Waals surface area contributed by atoms with E-state index in [-0.39, 0.29) is 0 Å². The number of benzene rings is 2. The summed E-state index contributed by atoms with van der Waals surface area (Å²) in [5, 5.41) is 6.97. The quantitative estimate of drug-likeness (QED) is 0.693. The summed E-state index contributed by atoms with van der Waals surface area (Å²) < 4.78 is 1.34. The average molecular weight is 267 g/mol. The highest BCUT2D eigenvalue weighted by molar-refractivity contribution is 7.17. The fourth-order valence-corrected chi connectivity index (χ4v) is 3.04. The molecule has 2 heteroatoms. The molecule has 0 amide bonds. The number of rotatable bonds is 3. The van der Waals surface area contributed by atoms with E-state index in [1.54, 1.807) is 11.3 Å². The average Bonchev–Trinajstić information content (AvgIpc) is 2.87. The van der Waals surface area contributed by atoms with Gasteiger partial charge < -0.3 is 5.32 Å². The van der Waals surface area contributed by atoms with Gasteiger partial charge in [0.25, 0.3) is 0 Å². The van der Waals surface area contributed by atoms with E-state index in [9.17, 15) is 0 Å². The zero-order valence-corrected chi connectivity index (χ0v) is 12.1. The van der Waals surface area contributed by atoms with Gasteiger partial charge in [-0.2, -0.15) is 0 Å². The molecule has 0 aliphatic rings. The Balaban J connectivity index is 1.79. The molecule has 96 valence electrons. The maximum atomic E-state index is 3.52. The number of hydrogen-bond acceptors (Lipinski definition) is 2. The Kier molecular flexibility index (Phi) is 3.26. The van der Waals surface area contributed by atoms with Gasteiger partial charge in [-0.1, -0.05) is 23.8 Å². The molecule has 1 N–H and O–H groups in total. The molecular formula is C17H17NS. The summed E-state index contributed by atoms with van der Waals surface area (Å²) in [4.78, 5) is 0. The van der Waals surface area contributed by atoms with Crippen LogP contribution in [0, 0.1) is 13.8 Å². The number of aryl methyl sites for hydroxylation is 2. The van der Waals surface area contributed by atoms with Crippen LogP contribution < -0.4 is 5.32 Å². The lowest BCUT2D eigenvalue weighted by Gasteiger charge is -2.10. The Morgan fingerprint density at radius 1 is 1.00 bits per heavy atom. The zero-order chi connectivity index (χ0) is 13.2. The summed E-state index contributed by atoms with van der Waals surface area (Å²) in [5.41, 5.74) is 5.21. The molecule has 0 fully saturated rings. The Morgan fingerprint density at radius 2 is 1.89 bits per heavy atom. The minimum atomic E-state index is 0.878. The second kappa shape index (κ2) is 5.06. The highest BCUT2D eigenvalue weighted by atomic mass is 32.1. The second-order valence-electron chi connectivity index (χ2n) is 4.96. The van der Waals surface area contributed by atoms with Crippen molar-refractivity contribution in [1.29, 1.82) is 0 Å². The maximum Gasteiger partial charge on any atom is 0.0403 e. The molecule has 0 saturated carbocycles. The Morgan fingerprint density at radius 3 is 2.79 bits per heavy atom. The third kappa shape index (κ3) is 2.64. The summed E-state index contributed by atoms with van der Waals surface area (Å²) in [7, 11) is 0. The number of thiophene rings is 1. The fraction of sp³-hybridized carbons (Fsp3) is 0.176. The SMILES string of the molecule is Cc1ccc(C)c(CNc2ccc3sccc3c2)c1. The molecule has 0 atom stereocenters. The lowest BCUT2D eigenvalue weighted by atomic mass is 10.1. The van der Waals surface area contributed by atoms with Crippen LogP contribution in [0.3, 0.4) is 0 Å². The summed E-state index contributed by atoms with van der Waals surface area (Å²) >= 11 is 1.79. The summed E-state index contributed by atoms with van der Waals surface area (Å²) in [6, 6.07) is 15.3. The smallest absolute Gasteiger partial charge is 0.0403 e. The molecular weight excluding hydrogens is 250 g/mol. The third-order valence-corrected chi connectivity index (χ3v) is 4.34. The van der Waals surface area contributed by atoms with Gasteiger partial charge in [-0.15, -0.1) is 11.3 Å². The van der Waals surface area contributed by atoms with Crippen molar-refractivity contribution in [1.82, 2.24) is 0 Å². The first-order valence-corrected chi connectivity index (χ1v) is 7.37. The van der Waals surface area contributed by atoms with Crippen LogP contribution in [0.15, 0.2) is 47.8 Å². The van der Waals surface area contributed by atoms with Crippen LogP contribution in [-0.4, -0.2) is 0 Å². The zero-order valence-electron chi connectivity index (χ0n) is 11.2. The third-order valence-electron chi connectivity index (χ3n) is 3.44. The molecule has 3 rings (SSSR count). The summed E-state index contributed by atoms with van der Waals surface area (Å²) in [6.07, 6.45) is 0. The van der Waals surface area contributed by atoms with E-state index in [2.05, 4.69) is 67.0 Å². The van der Waals surface area contributed by atoms with Crippen LogP contribution in [-0.2, 0) is 6.54 Å². The van der Waals surface area contributed by atoms with Crippen LogP contribution in [0.25, 0.3) is 10.1 Å². The molecule has 0 aliphatic carbocycles. The lowest BCUT2D eigenvalue weighted by Crippen LogP contribution is -2.01. The number of nitrogens with one attached hydrogen (secondary N) is 1. The Bertz CT molecular complexity index is 712. The van der Waals surface area contributed by atoms with Crippen LogP contribution in [0.2, 0.25) is 0 Å². The predicted octanol–water partition coefficient (Wildman–Crippen LogP) is 5.13. The molecule has 3 aromatic rings. The highest BCUT2D eigenvalue weighted by Crippen LogP contribution is 2.24. The summed E-state index contributed by atoms with van der Waals surface area (Å²) in [5.74, 6) is 0. The van der Waals surface area contributed by atoms with Crippen LogP contribution in [0.5, 0.6) is 0 Å². The van der Waals surface area contributed by atoms with Gasteiger partial charge in [-0.05, 0) is 60.0 Å². The van der Waals surface area contributed by atoms with Crippen molar-refractivity contribution < 1.29 is 0 Å². The van der Waals surface area contributed by atoms with Gasteiger partial charge in [-0.3, -0.25) is 0 Å². The number of hydrogen-bond donors (Lipinski definition) is 1. The molecule has 1 nitrogen and oxygen atoms in total. The Labute approximate surface area is 117 Å². The van der Waals surface area contributed by atoms with Gasteiger partial charge in [0.1, 0.15) is 0 Å². The minimum absolute atomic E-state index is 0.878. The van der Waals surface area contributed by atoms with E-state index in [1.807, 2.05) is 0 Å². The minimum Gasteiger partial charge on any atom is -0.381 e. The van der Waals surface area contributed by atoms with Crippen LogP contribution in [0.1, 0.15) is 16.7 Å². The predicted molar refractivity (Wildman–Crippen MR) is 85.1 cm³/mol. The molecule has 2 aromatic carbocycles. The van der Waals surface area contributed by atoms with E-state index in [4.69, 9.17) is 0 Å². The molecule has 0 bridgehead atoms. The molecule has 0 radical (unpaired) electrons. The normalized spacial score (nSPS) is 10.8. The fourth-order valence-electron chi connectivity index (χ4n) is 2.26. The second-order valence-corrected chi connectivity index (χ2v) is 5.90. The van der Waals surface area contributed by atoms with E-state index in [1.165, 1.54) is 32.5 Å². The largest absolute Gasteiger partial charge is 0.381 e. The lowest BCUT2D eigenvalue weighted by molar-refractivity contribution is 1.11. The molecule has 1 heterocycles. The molecule has 0 spiro atoms. The van der Waals surface area contributed by atoms with Crippen molar-refractivity contribution in [2.75, 3.05) is 5.32 Å². The molecule has 0 saturated heterocycles. The van der Waals surface area contributed by atoms with E-state index < -0.39 is 0 Å². The first-order valence-electron chi connectivity index (χ1n) is 6.50. The first kappa shape index (κ1) is 12.2. The van der Waals surface area contributed by atoms with Gasteiger partial charge in [0.2, 0.25) is 0 Å². The van der Waals surface area contributed by atoms with E-state index >= 15 is 0 Å². The Hall–Kier alpha value is -1.80. The van der Waals surface area contributed by atoms with Gasteiger partial charge in [0.15, 0.2) is 0 Å². The van der Waals surface area contributed by atoms with Gasteiger partial charge in [-0.25, -0.2) is 0 Å². The maximum absolute atomic E-state index is 3.52. The number of anilines is 1. The van der Waals surface area contributed by atoms with Crippen molar-refractivity contribution in [3.8, 4) is 0 Å². The van der Waals surface area contributed by atoms with Crippen molar-refractivity contribution in [2.24, 2.45) is 0 Å². The standard InChI is InChI=1S/C17H17NS/c1-12-3-4-13(2)15(9-12)11-18-16-5-6-17-14(10-16)7-8-19-17/h3-10,18H,11H2,1-2H3. The molecule has 0 unspecified atom stereocenters. The van der Waals surface area contributed by atoms with Crippen molar-refractivity contribution in [2.45, 2.75) is 20.4 Å². The van der Waals surface area contributed by atoms with Crippen molar-refractivity contribution in [3.63, 3.8) is 0 Å². The molecule has 0 aliphatic heterocycles.